The van der Waals surface area contributed by atoms with Crippen LogP contribution < -0.4 is 15.8 Å². The molecule has 1 aromatic heterocycles. The summed E-state index contributed by atoms with van der Waals surface area (Å²) in [4.78, 5) is 8.43. The summed E-state index contributed by atoms with van der Waals surface area (Å²) >= 11 is 0. The molecule has 19 heavy (non-hydrogen) atoms. The topological polar surface area (TPSA) is 73.1 Å². The number of benzene rings is 1. The highest BCUT2D eigenvalue weighted by Gasteiger charge is 2.05. The van der Waals surface area contributed by atoms with E-state index in [4.69, 9.17) is 10.5 Å². The maximum atomic E-state index is 5.79. The van der Waals surface area contributed by atoms with Crippen LogP contribution in [0.15, 0.2) is 30.3 Å². The van der Waals surface area contributed by atoms with Gasteiger partial charge in [-0.1, -0.05) is 18.2 Å². The molecule has 0 aliphatic heterocycles. The third-order valence-electron chi connectivity index (χ3n) is 2.70. The molecule has 0 radical (unpaired) electrons. The Bertz CT molecular complexity index is 543. The van der Waals surface area contributed by atoms with Gasteiger partial charge in [-0.05, 0) is 26.0 Å². The quantitative estimate of drug-likeness (QED) is 0.804. The van der Waals surface area contributed by atoms with Crippen LogP contribution in [0, 0.1) is 13.8 Å². The summed E-state index contributed by atoms with van der Waals surface area (Å²) in [5.41, 5.74) is 6.66. The zero-order valence-electron chi connectivity index (χ0n) is 11.2. The first-order valence-electron chi connectivity index (χ1n) is 6.19. The van der Waals surface area contributed by atoms with Crippen LogP contribution >= 0.6 is 0 Å². The largest absolute Gasteiger partial charge is 0.492 e. The van der Waals surface area contributed by atoms with Crippen molar-refractivity contribution in [2.75, 3.05) is 24.2 Å². The van der Waals surface area contributed by atoms with E-state index in [1.165, 1.54) is 0 Å². The van der Waals surface area contributed by atoms with E-state index in [1.807, 2.05) is 44.2 Å². The fraction of sp³-hybridized carbons (Fsp3) is 0.286. The number of nitrogens with two attached hydrogens (primary N) is 1. The van der Waals surface area contributed by atoms with E-state index in [-0.39, 0.29) is 0 Å². The lowest BCUT2D eigenvalue weighted by atomic mass is 10.3. The predicted octanol–water partition coefficient (Wildman–Crippen LogP) is 2.17. The molecule has 2 rings (SSSR count). The molecule has 0 saturated heterocycles. The maximum Gasteiger partial charge on any atom is 0.134 e. The van der Waals surface area contributed by atoms with Crippen LogP contribution in [0.2, 0.25) is 0 Å². The van der Waals surface area contributed by atoms with Gasteiger partial charge >= 0.3 is 0 Å². The number of nitrogen functional groups attached to an aromatic ring is 1. The molecule has 0 unspecified atom stereocenters. The van der Waals surface area contributed by atoms with Gasteiger partial charge in [-0.25, -0.2) is 9.97 Å². The van der Waals surface area contributed by atoms with Gasteiger partial charge in [-0.3, -0.25) is 0 Å². The molecule has 100 valence electrons. The Morgan fingerprint density at radius 2 is 1.89 bits per heavy atom. The van der Waals surface area contributed by atoms with Crippen LogP contribution in [-0.2, 0) is 0 Å². The number of para-hydroxylation sites is 1. The number of aromatic nitrogens is 2. The Hall–Kier alpha value is -2.30. The average Bonchev–Trinajstić information content (AvgIpc) is 2.41. The highest BCUT2D eigenvalue weighted by molar-refractivity contribution is 5.54. The zero-order valence-corrected chi connectivity index (χ0v) is 11.2. The van der Waals surface area contributed by atoms with Crippen LogP contribution in [0.3, 0.4) is 0 Å². The molecule has 3 N–H and O–H groups in total. The number of hydrogen-bond donors (Lipinski definition) is 2. The third-order valence-corrected chi connectivity index (χ3v) is 2.70. The van der Waals surface area contributed by atoms with E-state index < -0.39 is 0 Å². The van der Waals surface area contributed by atoms with Gasteiger partial charge in [0.05, 0.1) is 6.54 Å². The first-order valence-corrected chi connectivity index (χ1v) is 6.19. The number of ether oxygens (including phenoxy) is 1. The van der Waals surface area contributed by atoms with Crippen molar-refractivity contribution < 1.29 is 4.74 Å². The van der Waals surface area contributed by atoms with Crippen molar-refractivity contribution in [3.8, 4) is 5.75 Å². The molecule has 0 aliphatic rings. The van der Waals surface area contributed by atoms with Gasteiger partial charge in [0.1, 0.15) is 29.8 Å². The third kappa shape index (κ3) is 3.58. The van der Waals surface area contributed by atoms with Gasteiger partial charge in [0, 0.05) is 5.56 Å². The fourth-order valence-electron chi connectivity index (χ4n) is 1.68. The Balaban J connectivity index is 1.86. The van der Waals surface area contributed by atoms with Gasteiger partial charge in [0.25, 0.3) is 0 Å². The van der Waals surface area contributed by atoms with Gasteiger partial charge in [0.15, 0.2) is 0 Å². The summed E-state index contributed by atoms with van der Waals surface area (Å²) in [6.45, 7) is 4.94. The van der Waals surface area contributed by atoms with E-state index in [9.17, 15) is 0 Å². The minimum absolute atomic E-state index is 0.513. The van der Waals surface area contributed by atoms with Crippen molar-refractivity contribution in [1.29, 1.82) is 0 Å². The van der Waals surface area contributed by atoms with Gasteiger partial charge in [-0.2, -0.15) is 0 Å². The highest BCUT2D eigenvalue weighted by atomic mass is 16.5. The molecular weight excluding hydrogens is 240 g/mol. The van der Waals surface area contributed by atoms with E-state index >= 15 is 0 Å². The summed E-state index contributed by atoms with van der Waals surface area (Å²) < 4.78 is 5.59. The van der Waals surface area contributed by atoms with Crippen molar-refractivity contribution in [2.45, 2.75) is 13.8 Å². The van der Waals surface area contributed by atoms with Crippen molar-refractivity contribution in [2.24, 2.45) is 0 Å². The van der Waals surface area contributed by atoms with E-state index in [0.717, 1.165) is 17.1 Å². The summed E-state index contributed by atoms with van der Waals surface area (Å²) in [6.07, 6.45) is 0. The first kappa shape index (κ1) is 13.1. The zero-order chi connectivity index (χ0) is 13.7. The number of nitrogens with one attached hydrogen (secondary N) is 1. The first-order chi connectivity index (χ1) is 9.16. The molecule has 0 spiro atoms. The van der Waals surface area contributed by atoms with E-state index in [2.05, 4.69) is 15.3 Å². The second kappa shape index (κ2) is 6.04. The number of anilines is 2. The summed E-state index contributed by atoms with van der Waals surface area (Å²) in [5.74, 6) is 2.80. The molecule has 1 heterocycles. The van der Waals surface area contributed by atoms with Gasteiger partial charge < -0.3 is 15.8 Å². The number of rotatable bonds is 5. The minimum Gasteiger partial charge on any atom is -0.492 e. The summed E-state index contributed by atoms with van der Waals surface area (Å²) in [6, 6.07) is 9.71. The van der Waals surface area contributed by atoms with Gasteiger partial charge in [0.2, 0.25) is 0 Å². The number of hydrogen-bond acceptors (Lipinski definition) is 5. The smallest absolute Gasteiger partial charge is 0.134 e. The molecule has 0 atom stereocenters. The van der Waals surface area contributed by atoms with Crippen molar-refractivity contribution in [3.63, 3.8) is 0 Å². The van der Waals surface area contributed by atoms with Gasteiger partial charge in [-0.15, -0.1) is 0 Å². The Morgan fingerprint density at radius 1 is 1.16 bits per heavy atom. The van der Waals surface area contributed by atoms with Crippen molar-refractivity contribution in [3.05, 3.63) is 41.7 Å². The molecule has 0 bridgehead atoms. The number of aryl methyl sites for hydroxylation is 1. The minimum atomic E-state index is 0.513. The lowest BCUT2D eigenvalue weighted by Crippen LogP contribution is -2.14. The normalized spacial score (nSPS) is 10.2. The van der Waals surface area contributed by atoms with Crippen molar-refractivity contribution in [1.82, 2.24) is 9.97 Å². The van der Waals surface area contributed by atoms with E-state index in [1.54, 1.807) is 0 Å². The average molecular weight is 258 g/mol. The Labute approximate surface area is 112 Å². The lowest BCUT2D eigenvalue weighted by molar-refractivity contribution is 0.332. The standard InChI is InChI=1S/C14H18N4O/c1-10-13(15)17-11(2)18-14(10)16-8-9-19-12-6-4-3-5-7-12/h3-7H,8-9H2,1-2H3,(H3,15,16,17,18). The van der Waals surface area contributed by atoms with Crippen LogP contribution in [0.4, 0.5) is 11.6 Å². The fourth-order valence-corrected chi connectivity index (χ4v) is 1.68. The van der Waals surface area contributed by atoms with Crippen LogP contribution in [0.25, 0.3) is 0 Å². The number of nitrogens with zero attached hydrogens (tertiary/aromatic N) is 2. The lowest BCUT2D eigenvalue weighted by Gasteiger charge is -2.11. The molecule has 0 fully saturated rings. The monoisotopic (exact) mass is 258 g/mol. The van der Waals surface area contributed by atoms with Crippen LogP contribution in [0.1, 0.15) is 11.4 Å². The molecule has 0 amide bonds. The molecule has 0 aliphatic carbocycles. The Morgan fingerprint density at radius 3 is 2.63 bits per heavy atom. The maximum absolute atomic E-state index is 5.79. The molecule has 1 aromatic carbocycles. The summed E-state index contributed by atoms with van der Waals surface area (Å²) in [5, 5.41) is 3.21. The summed E-state index contributed by atoms with van der Waals surface area (Å²) in [7, 11) is 0. The molecule has 2 aromatic rings. The molecule has 5 heteroatoms. The molecule has 5 nitrogen and oxygen atoms in total. The van der Waals surface area contributed by atoms with Crippen molar-refractivity contribution >= 4 is 11.6 Å². The highest BCUT2D eigenvalue weighted by Crippen LogP contribution is 2.16. The van der Waals surface area contributed by atoms with Crippen LogP contribution in [-0.4, -0.2) is 23.1 Å². The molecular formula is C14H18N4O. The van der Waals surface area contributed by atoms with Crippen LogP contribution in [0.5, 0.6) is 5.75 Å². The SMILES string of the molecule is Cc1nc(N)c(C)c(NCCOc2ccccc2)n1. The second-order valence-electron chi connectivity index (χ2n) is 4.22. The Kier molecular flexibility index (Phi) is 4.18. The van der Waals surface area contributed by atoms with E-state index in [0.29, 0.717) is 24.8 Å². The predicted molar refractivity (Wildman–Crippen MR) is 76.3 cm³/mol. The second-order valence-corrected chi connectivity index (χ2v) is 4.22. The molecule has 0 saturated carbocycles.